The summed E-state index contributed by atoms with van der Waals surface area (Å²) in [6.07, 6.45) is 4.94. The fraction of sp³-hybridized carbons (Fsp3) is 0.556. The Morgan fingerprint density at radius 3 is 2.96 bits per heavy atom. The summed E-state index contributed by atoms with van der Waals surface area (Å²) in [5, 5.41) is 11.6. The van der Waals surface area contributed by atoms with Gasteiger partial charge in [-0.2, -0.15) is 0 Å². The molecule has 3 heterocycles. The van der Waals surface area contributed by atoms with E-state index in [4.69, 9.17) is 9.47 Å². The highest BCUT2D eigenvalue weighted by molar-refractivity contribution is 5.85. The number of hydrogen-bond donors (Lipinski definition) is 2. The Morgan fingerprint density at radius 1 is 1.30 bits per heavy atom. The molecule has 23 heavy (non-hydrogen) atoms. The van der Waals surface area contributed by atoms with E-state index >= 15 is 0 Å². The first-order valence-electron chi connectivity index (χ1n) is 8.47. The lowest BCUT2D eigenvalue weighted by Crippen LogP contribution is -2.48. The van der Waals surface area contributed by atoms with Crippen molar-refractivity contribution in [1.82, 2.24) is 9.88 Å². The maximum atomic E-state index is 10.4. The van der Waals surface area contributed by atoms with Crippen LogP contribution >= 0.6 is 0 Å². The molecule has 2 fully saturated rings. The number of piperidine rings is 1. The Morgan fingerprint density at radius 2 is 2.17 bits per heavy atom. The van der Waals surface area contributed by atoms with Crippen molar-refractivity contribution in [1.29, 1.82) is 0 Å². The number of benzene rings is 1. The maximum absolute atomic E-state index is 10.4. The van der Waals surface area contributed by atoms with E-state index in [0.29, 0.717) is 19.8 Å². The number of aliphatic hydroxyl groups is 1. The number of rotatable bonds is 4. The van der Waals surface area contributed by atoms with Crippen LogP contribution in [0.2, 0.25) is 0 Å². The van der Waals surface area contributed by atoms with Gasteiger partial charge in [0.05, 0.1) is 6.61 Å². The number of nitrogens with one attached hydrogen (secondary N) is 1. The second-order valence-corrected chi connectivity index (χ2v) is 6.82. The molecule has 124 valence electrons. The molecule has 1 unspecified atom stereocenters. The molecule has 0 bridgehead atoms. The third-order valence-electron chi connectivity index (χ3n) is 4.98. The molecule has 1 aromatic carbocycles. The van der Waals surface area contributed by atoms with E-state index in [9.17, 15) is 5.11 Å². The van der Waals surface area contributed by atoms with Gasteiger partial charge in [-0.05, 0) is 31.0 Å². The van der Waals surface area contributed by atoms with Gasteiger partial charge in [0.2, 0.25) is 0 Å². The van der Waals surface area contributed by atoms with E-state index in [1.54, 1.807) is 0 Å². The predicted molar refractivity (Wildman–Crippen MR) is 88.8 cm³/mol. The Kier molecular flexibility index (Phi) is 4.01. The van der Waals surface area contributed by atoms with Crippen LogP contribution in [0, 0.1) is 0 Å². The quantitative estimate of drug-likeness (QED) is 0.907. The smallest absolute Gasteiger partial charge is 0.129 e. The number of hydrogen-bond acceptors (Lipinski definition) is 4. The van der Waals surface area contributed by atoms with Crippen LogP contribution in [0.4, 0.5) is 0 Å². The zero-order valence-electron chi connectivity index (χ0n) is 13.3. The van der Waals surface area contributed by atoms with Crippen LogP contribution in [0.25, 0.3) is 10.9 Å². The third-order valence-corrected chi connectivity index (χ3v) is 4.98. The molecule has 1 aromatic heterocycles. The van der Waals surface area contributed by atoms with Crippen LogP contribution in [-0.4, -0.2) is 59.5 Å². The molecule has 5 heteroatoms. The van der Waals surface area contributed by atoms with Gasteiger partial charge < -0.3 is 24.5 Å². The monoisotopic (exact) mass is 316 g/mol. The van der Waals surface area contributed by atoms with Crippen LogP contribution in [0.3, 0.4) is 0 Å². The van der Waals surface area contributed by atoms with Crippen molar-refractivity contribution in [2.75, 3.05) is 32.8 Å². The first-order valence-corrected chi connectivity index (χ1v) is 8.47. The molecule has 0 aliphatic carbocycles. The molecule has 4 rings (SSSR count). The summed E-state index contributed by atoms with van der Waals surface area (Å²) in [5.74, 6) is 0.963. The third kappa shape index (κ3) is 3.22. The van der Waals surface area contributed by atoms with Crippen LogP contribution in [0.15, 0.2) is 30.5 Å². The number of ether oxygens (including phenoxy) is 2. The molecule has 0 radical (unpaired) electrons. The van der Waals surface area contributed by atoms with Crippen LogP contribution in [0.1, 0.15) is 19.3 Å². The van der Waals surface area contributed by atoms with E-state index in [-0.39, 0.29) is 6.10 Å². The lowest BCUT2D eigenvalue weighted by atomic mass is 10.00. The van der Waals surface area contributed by atoms with Gasteiger partial charge >= 0.3 is 0 Å². The van der Waals surface area contributed by atoms with Crippen molar-refractivity contribution < 1.29 is 14.6 Å². The van der Waals surface area contributed by atoms with E-state index in [1.807, 2.05) is 18.3 Å². The van der Waals surface area contributed by atoms with Crippen LogP contribution < -0.4 is 4.74 Å². The highest BCUT2D eigenvalue weighted by Crippen LogP contribution is 2.28. The Balaban J connectivity index is 1.34. The second kappa shape index (κ2) is 6.15. The van der Waals surface area contributed by atoms with Gasteiger partial charge in [0.25, 0.3) is 0 Å². The summed E-state index contributed by atoms with van der Waals surface area (Å²) in [6.45, 7) is 3.80. The summed E-state index contributed by atoms with van der Waals surface area (Å²) < 4.78 is 11.6. The molecule has 2 N–H and O–H groups in total. The molecule has 1 atom stereocenters. The van der Waals surface area contributed by atoms with Crippen molar-refractivity contribution in [3.05, 3.63) is 30.5 Å². The molecule has 2 aromatic rings. The number of likely N-dealkylation sites (tertiary alicyclic amines) is 1. The Hall–Kier alpha value is -1.56. The number of fused-ring (bicyclic) bond motifs is 1. The Labute approximate surface area is 136 Å². The lowest BCUT2D eigenvalue weighted by Gasteiger charge is -2.36. The van der Waals surface area contributed by atoms with Crippen LogP contribution in [0.5, 0.6) is 5.75 Å². The SMILES string of the molecule is OC1(CN2CCC(Oc3cccc4[nH]ccc34)CC2)CCOC1. The van der Waals surface area contributed by atoms with Crippen molar-refractivity contribution >= 4 is 10.9 Å². The van der Waals surface area contributed by atoms with Gasteiger partial charge in [0.1, 0.15) is 17.5 Å². The highest BCUT2D eigenvalue weighted by Gasteiger charge is 2.35. The zero-order chi connectivity index (χ0) is 15.7. The van der Waals surface area contributed by atoms with E-state index in [2.05, 4.69) is 22.0 Å². The van der Waals surface area contributed by atoms with Crippen molar-refractivity contribution in [3.8, 4) is 5.75 Å². The molecule has 5 nitrogen and oxygen atoms in total. The average molecular weight is 316 g/mol. The summed E-state index contributed by atoms with van der Waals surface area (Å²) >= 11 is 0. The highest BCUT2D eigenvalue weighted by atomic mass is 16.5. The van der Waals surface area contributed by atoms with E-state index in [1.165, 1.54) is 0 Å². The van der Waals surface area contributed by atoms with Gasteiger partial charge in [0, 0.05) is 49.8 Å². The summed E-state index contributed by atoms with van der Waals surface area (Å²) in [6, 6.07) is 8.20. The number of H-pyrrole nitrogens is 1. The van der Waals surface area contributed by atoms with Gasteiger partial charge in [-0.1, -0.05) is 6.07 Å². The number of nitrogens with zero attached hydrogens (tertiary/aromatic N) is 1. The largest absolute Gasteiger partial charge is 0.490 e. The molecule has 2 aliphatic rings. The lowest BCUT2D eigenvalue weighted by molar-refractivity contribution is -0.0172. The Bertz CT molecular complexity index is 655. The molecule has 0 saturated carbocycles. The van der Waals surface area contributed by atoms with Gasteiger partial charge in [0.15, 0.2) is 0 Å². The second-order valence-electron chi connectivity index (χ2n) is 6.82. The van der Waals surface area contributed by atoms with Crippen LogP contribution in [-0.2, 0) is 4.74 Å². The van der Waals surface area contributed by atoms with Crippen molar-refractivity contribution in [2.45, 2.75) is 31.0 Å². The molecule has 2 aliphatic heterocycles. The van der Waals surface area contributed by atoms with Gasteiger partial charge in [-0.25, -0.2) is 0 Å². The topological polar surface area (TPSA) is 57.7 Å². The van der Waals surface area contributed by atoms with Crippen molar-refractivity contribution in [2.24, 2.45) is 0 Å². The molecule has 0 spiro atoms. The number of aromatic amines is 1. The minimum absolute atomic E-state index is 0.251. The molecule has 0 amide bonds. The van der Waals surface area contributed by atoms with Gasteiger partial charge in [-0.15, -0.1) is 0 Å². The zero-order valence-corrected chi connectivity index (χ0v) is 13.3. The summed E-state index contributed by atoms with van der Waals surface area (Å²) in [7, 11) is 0. The predicted octanol–water partition coefficient (Wildman–Crippen LogP) is 2.16. The minimum atomic E-state index is -0.648. The average Bonchev–Trinajstić information content (AvgIpc) is 3.19. The maximum Gasteiger partial charge on any atom is 0.129 e. The van der Waals surface area contributed by atoms with E-state index < -0.39 is 5.60 Å². The first-order chi connectivity index (χ1) is 11.2. The van der Waals surface area contributed by atoms with Gasteiger partial charge in [-0.3, -0.25) is 0 Å². The fourth-order valence-corrected chi connectivity index (χ4v) is 3.66. The molecular weight excluding hydrogens is 292 g/mol. The first kappa shape index (κ1) is 15.0. The fourth-order valence-electron chi connectivity index (χ4n) is 3.66. The minimum Gasteiger partial charge on any atom is -0.490 e. The molecular formula is C18H24N2O3. The molecule has 2 saturated heterocycles. The summed E-state index contributed by atoms with van der Waals surface area (Å²) in [5.41, 5.74) is 0.466. The number of aromatic nitrogens is 1. The normalized spacial score (nSPS) is 26.8. The van der Waals surface area contributed by atoms with Crippen molar-refractivity contribution in [3.63, 3.8) is 0 Å². The standard InChI is InChI=1S/C18H24N2O3/c21-18(7-11-22-13-18)12-20-9-5-14(6-10-20)23-17-3-1-2-16-15(17)4-8-19-16/h1-4,8,14,19,21H,5-7,9-13H2. The van der Waals surface area contributed by atoms with E-state index in [0.717, 1.165) is 49.0 Å². The number of β-amino-alcohol motifs (C(OH)–C–C–N with tert-alkyl or cyclic N) is 1. The summed E-state index contributed by atoms with van der Waals surface area (Å²) in [4.78, 5) is 5.56.